The summed E-state index contributed by atoms with van der Waals surface area (Å²) in [6.07, 6.45) is 4.75. The van der Waals surface area contributed by atoms with E-state index in [4.69, 9.17) is 4.74 Å². The highest BCUT2D eigenvalue weighted by molar-refractivity contribution is 7.12. The third-order valence-electron chi connectivity index (χ3n) is 5.64. The lowest BCUT2D eigenvalue weighted by atomic mass is 9.89. The SMILES string of the molecule is CC(NC(=O)COC(=O)CCNC(=O)CCC(=O)c1cccs1)c1ccc2c(c1)CCCC2. The van der Waals surface area contributed by atoms with Gasteiger partial charge in [-0.25, -0.2) is 0 Å². The molecule has 0 saturated carbocycles. The zero-order chi connectivity index (χ0) is 23.6. The number of hydrogen-bond acceptors (Lipinski definition) is 6. The normalized spacial score (nSPS) is 13.5. The lowest BCUT2D eigenvalue weighted by Gasteiger charge is -2.20. The quantitative estimate of drug-likeness (QED) is 0.387. The number of ether oxygens (including phenoxy) is 1. The monoisotopic (exact) mass is 470 g/mol. The number of thiophene rings is 1. The number of benzene rings is 1. The number of ketones is 1. The maximum Gasteiger partial charge on any atom is 0.308 e. The Balaban J connectivity index is 1.29. The van der Waals surface area contributed by atoms with Crippen LogP contribution in [0.5, 0.6) is 0 Å². The van der Waals surface area contributed by atoms with E-state index in [1.165, 1.54) is 35.3 Å². The third-order valence-corrected chi connectivity index (χ3v) is 6.55. The predicted octanol–water partition coefficient (Wildman–Crippen LogP) is 3.52. The smallest absolute Gasteiger partial charge is 0.308 e. The molecule has 1 unspecified atom stereocenters. The van der Waals surface area contributed by atoms with E-state index in [2.05, 4.69) is 22.8 Å². The van der Waals surface area contributed by atoms with Crippen LogP contribution in [0.3, 0.4) is 0 Å². The number of nitrogens with one attached hydrogen (secondary N) is 2. The molecule has 3 rings (SSSR count). The van der Waals surface area contributed by atoms with Gasteiger partial charge >= 0.3 is 5.97 Å². The minimum absolute atomic E-state index is 0.0434. The number of rotatable bonds is 11. The van der Waals surface area contributed by atoms with Crippen molar-refractivity contribution in [3.8, 4) is 0 Å². The summed E-state index contributed by atoms with van der Waals surface area (Å²) < 4.78 is 5.01. The van der Waals surface area contributed by atoms with Gasteiger partial charge in [-0.05, 0) is 60.7 Å². The van der Waals surface area contributed by atoms with Gasteiger partial charge in [0.05, 0.1) is 17.3 Å². The first-order chi connectivity index (χ1) is 15.9. The number of Topliss-reactive ketones (excluding diaryl/α,β-unsaturated/α-hetero) is 1. The van der Waals surface area contributed by atoms with E-state index in [-0.39, 0.29) is 56.1 Å². The van der Waals surface area contributed by atoms with Gasteiger partial charge in [0.1, 0.15) is 0 Å². The molecule has 176 valence electrons. The van der Waals surface area contributed by atoms with E-state index in [1.807, 2.05) is 18.4 Å². The van der Waals surface area contributed by atoms with E-state index in [9.17, 15) is 19.2 Å². The van der Waals surface area contributed by atoms with Crippen molar-refractivity contribution in [2.24, 2.45) is 0 Å². The molecule has 2 aromatic rings. The zero-order valence-corrected chi connectivity index (χ0v) is 19.7. The summed E-state index contributed by atoms with van der Waals surface area (Å²) in [5.74, 6) is -1.31. The Morgan fingerprint density at radius 2 is 1.79 bits per heavy atom. The number of aryl methyl sites for hydroxylation is 2. The number of amides is 2. The first-order valence-corrected chi connectivity index (χ1v) is 12.2. The van der Waals surface area contributed by atoms with Gasteiger partial charge in [0.25, 0.3) is 5.91 Å². The second-order valence-corrected chi connectivity index (χ2v) is 9.13. The number of carbonyl (C=O) groups is 4. The van der Waals surface area contributed by atoms with Crippen molar-refractivity contribution in [2.75, 3.05) is 13.2 Å². The van der Waals surface area contributed by atoms with Crippen LogP contribution in [0.15, 0.2) is 35.7 Å². The van der Waals surface area contributed by atoms with Crippen molar-refractivity contribution in [2.45, 2.75) is 57.9 Å². The van der Waals surface area contributed by atoms with Crippen molar-refractivity contribution < 1.29 is 23.9 Å². The van der Waals surface area contributed by atoms with Crippen molar-refractivity contribution >= 4 is 34.9 Å². The van der Waals surface area contributed by atoms with Crippen LogP contribution in [0.1, 0.15) is 71.4 Å². The molecule has 2 N–H and O–H groups in total. The molecule has 0 saturated heterocycles. The molecule has 0 spiro atoms. The van der Waals surface area contributed by atoms with Crippen LogP contribution in [0.2, 0.25) is 0 Å². The fourth-order valence-electron chi connectivity index (χ4n) is 3.79. The highest BCUT2D eigenvalue weighted by Crippen LogP contribution is 2.24. The zero-order valence-electron chi connectivity index (χ0n) is 18.9. The van der Waals surface area contributed by atoms with Crippen molar-refractivity contribution in [1.29, 1.82) is 0 Å². The van der Waals surface area contributed by atoms with E-state index >= 15 is 0 Å². The largest absolute Gasteiger partial charge is 0.456 e. The van der Waals surface area contributed by atoms with Crippen LogP contribution in [-0.2, 0) is 32.0 Å². The van der Waals surface area contributed by atoms with Gasteiger partial charge in [-0.15, -0.1) is 11.3 Å². The molecule has 0 bridgehead atoms. The molecule has 1 aliphatic carbocycles. The lowest BCUT2D eigenvalue weighted by molar-refractivity contribution is -0.148. The summed E-state index contributed by atoms with van der Waals surface area (Å²) in [6, 6.07) is 9.67. The summed E-state index contributed by atoms with van der Waals surface area (Å²) in [6.45, 7) is 1.64. The van der Waals surface area contributed by atoms with Crippen molar-refractivity contribution in [3.63, 3.8) is 0 Å². The van der Waals surface area contributed by atoms with E-state index in [0.717, 1.165) is 18.4 Å². The summed E-state index contributed by atoms with van der Waals surface area (Å²) in [7, 11) is 0. The molecule has 0 radical (unpaired) electrons. The van der Waals surface area contributed by atoms with Crippen molar-refractivity contribution in [3.05, 3.63) is 57.3 Å². The Hall–Kier alpha value is -3.00. The molecule has 1 aromatic carbocycles. The molecular weight excluding hydrogens is 440 g/mol. The van der Waals surface area contributed by atoms with Gasteiger partial charge < -0.3 is 15.4 Å². The summed E-state index contributed by atoms with van der Waals surface area (Å²) in [5.41, 5.74) is 3.78. The van der Waals surface area contributed by atoms with Crippen molar-refractivity contribution in [1.82, 2.24) is 10.6 Å². The topological polar surface area (TPSA) is 102 Å². The molecule has 0 fully saturated rings. The summed E-state index contributed by atoms with van der Waals surface area (Å²) in [4.78, 5) is 48.4. The Labute approximate surface area is 197 Å². The Morgan fingerprint density at radius 3 is 2.55 bits per heavy atom. The number of fused-ring (bicyclic) bond motifs is 1. The van der Waals surface area contributed by atoms with E-state index in [1.54, 1.807) is 12.1 Å². The summed E-state index contributed by atoms with van der Waals surface area (Å²) >= 11 is 1.34. The number of esters is 1. The third kappa shape index (κ3) is 7.82. The molecule has 7 nitrogen and oxygen atoms in total. The fraction of sp³-hybridized carbons (Fsp3) is 0.440. The van der Waals surface area contributed by atoms with E-state index < -0.39 is 5.97 Å². The van der Waals surface area contributed by atoms with E-state index in [0.29, 0.717) is 4.88 Å². The van der Waals surface area contributed by atoms with Gasteiger partial charge in [0.2, 0.25) is 5.91 Å². The number of carbonyl (C=O) groups excluding carboxylic acids is 4. The molecule has 1 atom stereocenters. The molecule has 8 heteroatoms. The van der Waals surface area contributed by atoms with Crippen LogP contribution in [0.25, 0.3) is 0 Å². The second-order valence-electron chi connectivity index (χ2n) is 8.19. The molecular formula is C25H30N2O5S. The standard InChI is InChI=1S/C25H30N2O5S/c1-17(19-9-8-18-5-2-3-6-20(18)15-19)27-24(30)16-32-25(31)12-13-26-23(29)11-10-21(28)22-7-4-14-33-22/h4,7-9,14-15,17H,2-3,5-6,10-13,16H2,1H3,(H,26,29)(H,27,30). The predicted molar refractivity (Wildman–Crippen MR) is 126 cm³/mol. The minimum atomic E-state index is -0.568. The van der Waals surface area contributed by atoms with Gasteiger partial charge in [-0.1, -0.05) is 24.3 Å². The molecule has 0 aliphatic heterocycles. The highest BCUT2D eigenvalue weighted by atomic mass is 32.1. The lowest BCUT2D eigenvalue weighted by Crippen LogP contribution is -2.32. The number of hydrogen-bond donors (Lipinski definition) is 2. The Morgan fingerprint density at radius 1 is 1.00 bits per heavy atom. The molecule has 33 heavy (non-hydrogen) atoms. The van der Waals surface area contributed by atoms with Gasteiger partial charge in [0, 0.05) is 19.4 Å². The van der Waals surface area contributed by atoms with Gasteiger partial charge in [-0.3, -0.25) is 19.2 Å². The van der Waals surface area contributed by atoms with Crippen LogP contribution >= 0.6 is 11.3 Å². The second kappa shape index (κ2) is 12.3. The molecule has 1 aliphatic rings. The van der Waals surface area contributed by atoms with Crippen LogP contribution in [-0.4, -0.2) is 36.7 Å². The Bertz CT molecular complexity index is 987. The molecule has 1 heterocycles. The molecule has 2 amide bonds. The average Bonchev–Trinajstić information content (AvgIpc) is 3.36. The molecule has 1 aromatic heterocycles. The summed E-state index contributed by atoms with van der Waals surface area (Å²) in [5, 5.41) is 7.26. The maximum atomic E-state index is 12.2. The first-order valence-electron chi connectivity index (χ1n) is 11.3. The maximum absolute atomic E-state index is 12.2. The van der Waals surface area contributed by atoms with Crippen LogP contribution in [0, 0.1) is 0 Å². The fourth-order valence-corrected chi connectivity index (χ4v) is 4.48. The van der Waals surface area contributed by atoms with Gasteiger partial charge in [0.15, 0.2) is 12.4 Å². The highest BCUT2D eigenvalue weighted by Gasteiger charge is 2.15. The van der Waals surface area contributed by atoms with Gasteiger partial charge in [-0.2, -0.15) is 0 Å². The van der Waals surface area contributed by atoms with Crippen LogP contribution < -0.4 is 10.6 Å². The average molecular weight is 471 g/mol. The van der Waals surface area contributed by atoms with Crippen LogP contribution in [0.4, 0.5) is 0 Å². The minimum Gasteiger partial charge on any atom is -0.456 e. The first kappa shape index (κ1) is 24.6. The Kier molecular flexibility index (Phi) is 9.18.